The first kappa shape index (κ1) is 11.3. The van der Waals surface area contributed by atoms with Gasteiger partial charge in [0.1, 0.15) is 0 Å². The molecule has 0 saturated heterocycles. The molecule has 1 aliphatic rings. The van der Waals surface area contributed by atoms with E-state index in [0.717, 1.165) is 18.5 Å². The fraction of sp³-hybridized carbons (Fsp3) is 0.400. The second-order valence-electron chi connectivity index (χ2n) is 3.99. The first-order valence-electron chi connectivity index (χ1n) is 5.02. The Morgan fingerprint density at radius 1 is 1.50 bits per heavy atom. The van der Waals surface area contributed by atoms with Gasteiger partial charge in [-0.25, -0.2) is 0 Å². The average Bonchev–Trinajstić information content (AvgIpc) is 2.18. The van der Waals surface area contributed by atoms with Crippen LogP contribution in [-0.2, 0) is 0 Å². The minimum Gasteiger partial charge on any atom is -0.381 e. The molecule has 5 nitrogen and oxygen atoms in total. The number of benzene rings is 1. The van der Waals surface area contributed by atoms with Crippen LogP contribution in [0.4, 0.5) is 11.4 Å². The summed E-state index contributed by atoms with van der Waals surface area (Å²) in [6.45, 7) is 0. The highest BCUT2D eigenvalue weighted by Crippen LogP contribution is 2.30. The van der Waals surface area contributed by atoms with Crippen LogP contribution in [0.15, 0.2) is 22.7 Å². The van der Waals surface area contributed by atoms with E-state index in [0.29, 0.717) is 10.5 Å². The maximum atomic E-state index is 10.5. The van der Waals surface area contributed by atoms with Gasteiger partial charge in [-0.1, -0.05) is 0 Å². The van der Waals surface area contributed by atoms with Crippen LogP contribution in [0.1, 0.15) is 12.8 Å². The lowest BCUT2D eigenvalue weighted by atomic mass is 9.87. The molecular weight excluding hydrogens is 274 g/mol. The summed E-state index contributed by atoms with van der Waals surface area (Å²) in [5, 5.41) is 13.8. The van der Waals surface area contributed by atoms with Crippen LogP contribution in [-0.4, -0.2) is 17.0 Å². The van der Waals surface area contributed by atoms with Crippen molar-refractivity contribution in [3.8, 4) is 0 Å². The van der Waals surface area contributed by atoms with E-state index in [1.165, 1.54) is 12.1 Å². The molecule has 6 heteroatoms. The van der Waals surface area contributed by atoms with Crippen LogP contribution in [0.5, 0.6) is 0 Å². The molecule has 3 N–H and O–H groups in total. The first-order valence-corrected chi connectivity index (χ1v) is 5.81. The van der Waals surface area contributed by atoms with Crippen molar-refractivity contribution >= 4 is 27.3 Å². The largest absolute Gasteiger partial charge is 0.381 e. The third-order valence-corrected chi connectivity index (χ3v) is 3.35. The lowest BCUT2D eigenvalue weighted by Gasteiger charge is -2.34. The van der Waals surface area contributed by atoms with Crippen molar-refractivity contribution in [1.82, 2.24) is 0 Å². The van der Waals surface area contributed by atoms with E-state index >= 15 is 0 Å². The molecule has 1 aromatic rings. The number of nitrogens with one attached hydrogen (secondary N) is 1. The Kier molecular flexibility index (Phi) is 3.11. The van der Waals surface area contributed by atoms with E-state index in [4.69, 9.17) is 5.73 Å². The number of nitrogens with two attached hydrogens (primary N) is 1. The number of anilines is 1. The quantitative estimate of drug-likeness (QED) is 0.659. The van der Waals surface area contributed by atoms with Crippen molar-refractivity contribution in [2.45, 2.75) is 24.9 Å². The summed E-state index contributed by atoms with van der Waals surface area (Å²) < 4.78 is 0.710. The normalized spacial score (nSPS) is 23.6. The Bertz CT molecular complexity index is 419. The zero-order valence-corrected chi connectivity index (χ0v) is 10.1. The highest BCUT2D eigenvalue weighted by atomic mass is 79.9. The SMILES string of the molecule is NC1CC(Nc2ccc([N+](=O)[O-])cc2Br)C1. The Labute approximate surface area is 101 Å². The van der Waals surface area contributed by atoms with E-state index in [1.807, 2.05) is 0 Å². The molecule has 0 unspecified atom stereocenters. The van der Waals surface area contributed by atoms with Gasteiger partial charge in [0.2, 0.25) is 0 Å². The number of hydrogen-bond acceptors (Lipinski definition) is 4. The molecule has 16 heavy (non-hydrogen) atoms. The standard InChI is InChI=1S/C10H12BrN3O2/c11-9-5-8(14(15)16)1-2-10(9)13-7-3-6(12)4-7/h1-2,5-7,13H,3-4,12H2. The molecule has 2 rings (SSSR count). The molecule has 86 valence electrons. The number of nitro benzene ring substituents is 1. The molecule has 1 saturated carbocycles. The van der Waals surface area contributed by atoms with Crippen molar-refractivity contribution in [2.24, 2.45) is 5.73 Å². The fourth-order valence-corrected chi connectivity index (χ4v) is 2.22. The van der Waals surface area contributed by atoms with Crippen molar-refractivity contribution < 1.29 is 4.92 Å². The average molecular weight is 286 g/mol. The van der Waals surface area contributed by atoms with E-state index in [1.54, 1.807) is 6.07 Å². The van der Waals surface area contributed by atoms with Gasteiger partial charge in [-0.15, -0.1) is 0 Å². The van der Waals surface area contributed by atoms with E-state index in [9.17, 15) is 10.1 Å². The molecule has 0 atom stereocenters. The Morgan fingerprint density at radius 2 is 2.19 bits per heavy atom. The van der Waals surface area contributed by atoms with Gasteiger partial charge in [0, 0.05) is 34.4 Å². The summed E-state index contributed by atoms with van der Waals surface area (Å²) in [5.74, 6) is 0. The summed E-state index contributed by atoms with van der Waals surface area (Å²) in [4.78, 5) is 10.1. The number of hydrogen-bond donors (Lipinski definition) is 2. The van der Waals surface area contributed by atoms with Gasteiger partial charge in [-0.05, 0) is 34.8 Å². The third-order valence-electron chi connectivity index (χ3n) is 2.70. The molecule has 0 bridgehead atoms. The van der Waals surface area contributed by atoms with Gasteiger partial charge >= 0.3 is 0 Å². The minimum absolute atomic E-state index is 0.0859. The lowest BCUT2D eigenvalue weighted by molar-refractivity contribution is -0.384. The van der Waals surface area contributed by atoms with Gasteiger partial charge in [0.15, 0.2) is 0 Å². The van der Waals surface area contributed by atoms with Crippen molar-refractivity contribution in [3.05, 3.63) is 32.8 Å². The first-order chi connectivity index (χ1) is 7.56. The number of non-ortho nitro benzene ring substituents is 1. The van der Waals surface area contributed by atoms with Crippen LogP contribution >= 0.6 is 15.9 Å². The number of nitrogens with zero attached hydrogens (tertiary/aromatic N) is 1. The van der Waals surface area contributed by atoms with E-state index in [2.05, 4.69) is 21.2 Å². The van der Waals surface area contributed by atoms with Gasteiger partial charge in [-0.3, -0.25) is 10.1 Å². The maximum absolute atomic E-state index is 10.5. The predicted octanol–water partition coefficient (Wildman–Crippen LogP) is 2.26. The molecule has 1 fully saturated rings. The van der Waals surface area contributed by atoms with Crippen LogP contribution in [0.25, 0.3) is 0 Å². The number of nitro groups is 1. The lowest BCUT2D eigenvalue weighted by Crippen LogP contribution is -2.44. The molecule has 1 aromatic carbocycles. The van der Waals surface area contributed by atoms with E-state index in [-0.39, 0.29) is 11.7 Å². The predicted molar refractivity (Wildman–Crippen MR) is 65.4 cm³/mol. The molecule has 0 amide bonds. The van der Waals surface area contributed by atoms with E-state index < -0.39 is 4.92 Å². The summed E-state index contributed by atoms with van der Waals surface area (Å²) in [7, 11) is 0. The van der Waals surface area contributed by atoms with Gasteiger partial charge in [-0.2, -0.15) is 0 Å². The summed E-state index contributed by atoms with van der Waals surface area (Å²) >= 11 is 3.31. The summed E-state index contributed by atoms with van der Waals surface area (Å²) in [5.41, 5.74) is 6.65. The molecule has 1 aliphatic carbocycles. The van der Waals surface area contributed by atoms with Gasteiger partial charge in [0.25, 0.3) is 5.69 Å². The van der Waals surface area contributed by atoms with Crippen LogP contribution < -0.4 is 11.1 Å². The van der Waals surface area contributed by atoms with Crippen LogP contribution in [0, 0.1) is 10.1 Å². The van der Waals surface area contributed by atoms with Crippen molar-refractivity contribution in [1.29, 1.82) is 0 Å². The number of rotatable bonds is 3. The second-order valence-corrected chi connectivity index (χ2v) is 4.85. The molecule has 0 aliphatic heterocycles. The molecule has 0 spiro atoms. The van der Waals surface area contributed by atoms with Gasteiger partial charge in [0.05, 0.1) is 4.92 Å². The zero-order valence-electron chi connectivity index (χ0n) is 8.52. The molecule has 0 radical (unpaired) electrons. The Morgan fingerprint density at radius 3 is 2.69 bits per heavy atom. The fourth-order valence-electron chi connectivity index (χ4n) is 1.73. The summed E-state index contributed by atoms with van der Waals surface area (Å²) in [6.07, 6.45) is 1.90. The van der Waals surface area contributed by atoms with Crippen molar-refractivity contribution in [2.75, 3.05) is 5.32 Å². The highest BCUT2D eigenvalue weighted by Gasteiger charge is 2.26. The highest BCUT2D eigenvalue weighted by molar-refractivity contribution is 9.10. The second kappa shape index (κ2) is 4.39. The smallest absolute Gasteiger partial charge is 0.270 e. The topological polar surface area (TPSA) is 81.2 Å². The Hall–Kier alpha value is -1.14. The zero-order chi connectivity index (χ0) is 11.7. The molecular formula is C10H12BrN3O2. The minimum atomic E-state index is -0.409. The van der Waals surface area contributed by atoms with Gasteiger partial charge < -0.3 is 11.1 Å². The summed E-state index contributed by atoms with van der Waals surface area (Å²) in [6, 6.07) is 5.38. The molecule has 0 aromatic heterocycles. The monoisotopic (exact) mass is 285 g/mol. The van der Waals surface area contributed by atoms with Crippen LogP contribution in [0.3, 0.4) is 0 Å². The van der Waals surface area contributed by atoms with Crippen LogP contribution in [0.2, 0.25) is 0 Å². The Balaban J connectivity index is 2.07. The number of halogens is 1. The third kappa shape index (κ3) is 2.33. The maximum Gasteiger partial charge on any atom is 0.270 e. The molecule has 0 heterocycles. The van der Waals surface area contributed by atoms with Crippen molar-refractivity contribution in [3.63, 3.8) is 0 Å².